The van der Waals surface area contributed by atoms with Crippen LogP contribution < -0.4 is 10.5 Å². The van der Waals surface area contributed by atoms with Crippen LogP contribution in [0.3, 0.4) is 0 Å². The van der Waals surface area contributed by atoms with Crippen LogP contribution in [0.1, 0.15) is 47.9 Å². The van der Waals surface area contributed by atoms with E-state index in [-0.39, 0.29) is 23.1 Å². The Balaban J connectivity index is 1.47. The van der Waals surface area contributed by atoms with Crippen LogP contribution in [-0.2, 0) is 18.4 Å². The van der Waals surface area contributed by atoms with Crippen molar-refractivity contribution in [1.29, 1.82) is 5.26 Å². The van der Waals surface area contributed by atoms with Crippen molar-refractivity contribution in [2.75, 3.05) is 31.1 Å². The zero-order valence-electron chi connectivity index (χ0n) is 21.3. The number of carbonyl (C=O) groups is 1. The molecule has 0 N–H and O–H groups in total. The van der Waals surface area contributed by atoms with Crippen LogP contribution in [-0.4, -0.2) is 56.8 Å². The van der Waals surface area contributed by atoms with Crippen LogP contribution in [0.2, 0.25) is 0 Å². The second-order valence-corrected chi connectivity index (χ2v) is 11.6. The van der Waals surface area contributed by atoms with Gasteiger partial charge in [0.25, 0.3) is 11.5 Å². The van der Waals surface area contributed by atoms with Crippen LogP contribution in [0.15, 0.2) is 40.0 Å². The minimum atomic E-state index is -0.308. The van der Waals surface area contributed by atoms with Crippen molar-refractivity contribution < 1.29 is 4.79 Å². The average molecular weight is 534 g/mol. The molecular weight excluding hydrogens is 502 g/mol. The quantitative estimate of drug-likeness (QED) is 0.424. The summed E-state index contributed by atoms with van der Waals surface area (Å²) in [6, 6.07) is 12.7. The van der Waals surface area contributed by atoms with Gasteiger partial charge in [0.2, 0.25) is 0 Å². The second kappa shape index (κ2) is 10.8. The van der Waals surface area contributed by atoms with Gasteiger partial charge < -0.3 is 4.90 Å². The number of benzene rings is 1. The summed E-state index contributed by atoms with van der Waals surface area (Å²) in [6.45, 7) is 5.89. The SMILES string of the molecule is Cc1c(C=C2SC(=S)N(C3CCCC3)C2=O)c(N2CCN(Cc3ccccc3)CC2)n(C)c(=O)c1C#N. The zero-order valence-corrected chi connectivity index (χ0v) is 22.9. The predicted molar refractivity (Wildman–Crippen MR) is 152 cm³/mol. The number of hydrogen-bond acceptors (Lipinski definition) is 7. The fourth-order valence-electron chi connectivity index (χ4n) is 5.64. The maximum atomic E-state index is 13.4. The Kier molecular flexibility index (Phi) is 7.52. The molecule has 1 aliphatic carbocycles. The molecule has 1 aromatic heterocycles. The third-order valence-corrected chi connectivity index (χ3v) is 9.01. The van der Waals surface area contributed by atoms with Gasteiger partial charge in [-0.1, -0.05) is 67.2 Å². The highest BCUT2D eigenvalue weighted by Crippen LogP contribution is 2.39. The maximum Gasteiger partial charge on any atom is 0.270 e. The molecule has 9 heteroatoms. The lowest BCUT2D eigenvalue weighted by Gasteiger charge is -2.37. The Bertz CT molecular complexity index is 1350. The third-order valence-electron chi connectivity index (χ3n) is 7.68. The van der Waals surface area contributed by atoms with Crippen LogP contribution >= 0.6 is 24.0 Å². The van der Waals surface area contributed by atoms with Gasteiger partial charge in [-0.2, -0.15) is 5.26 Å². The van der Waals surface area contributed by atoms with Crippen LogP contribution in [0, 0.1) is 18.3 Å². The summed E-state index contributed by atoms with van der Waals surface area (Å²) >= 11 is 6.93. The van der Waals surface area contributed by atoms with Crippen molar-refractivity contribution in [2.45, 2.75) is 45.2 Å². The van der Waals surface area contributed by atoms with Crippen molar-refractivity contribution in [3.8, 4) is 6.07 Å². The summed E-state index contributed by atoms with van der Waals surface area (Å²) in [5.74, 6) is 0.694. The normalized spacial score (nSPS) is 20.3. The first-order valence-corrected chi connectivity index (χ1v) is 14.0. The highest BCUT2D eigenvalue weighted by Gasteiger charge is 2.38. The van der Waals surface area contributed by atoms with E-state index in [2.05, 4.69) is 40.1 Å². The number of thiocarbonyl (C=S) groups is 1. The lowest BCUT2D eigenvalue weighted by atomic mass is 10.0. The van der Waals surface area contributed by atoms with E-state index >= 15 is 0 Å². The second-order valence-electron chi connectivity index (χ2n) is 9.95. The van der Waals surface area contributed by atoms with Crippen LogP contribution in [0.25, 0.3) is 6.08 Å². The molecule has 2 aliphatic heterocycles. The molecule has 37 heavy (non-hydrogen) atoms. The molecule has 192 valence electrons. The molecule has 0 atom stereocenters. The number of nitrogens with zero attached hydrogens (tertiary/aromatic N) is 5. The van der Waals surface area contributed by atoms with E-state index in [1.807, 2.05) is 12.1 Å². The van der Waals surface area contributed by atoms with Gasteiger partial charge in [0, 0.05) is 51.4 Å². The smallest absolute Gasteiger partial charge is 0.270 e. The lowest BCUT2D eigenvalue weighted by molar-refractivity contribution is -0.123. The number of pyridine rings is 1. The van der Waals surface area contributed by atoms with E-state index in [0.717, 1.165) is 69.8 Å². The fraction of sp³-hybridized carbons (Fsp3) is 0.429. The third kappa shape index (κ3) is 4.98. The molecule has 1 aromatic carbocycles. The lowest BCUT2D eigenvalue weighted by Crippen LogP contribution is -2.48. The Hall–Kier alpha value is -2.93. The molecule has 1 saturated carbocycles. The standard InChI is InChI=1S/C28H31N5O2S2/c1-19-22(16-24-27(35)33(28(36)37-24)21-10-6-7-11-21)25(30(2)26(34)23(19)17-29)32-14-12-31(13-15-32)18-20-8-4-3-5-9-20/h3-5,8-9,16,21H,6-7,10-15,18H2,1-2H3. The summed E-state index contributed by atoms with van der Waals surface area (Å²) < 4.78 is 2.17. The van der Waals surface area contributed by atoms with Gasteiger partial charge in [-0.15, -0.1) is 0 Å². The molecule has 2 aromatic rings. The molecule has 1 amide bonds. The van der Waals surface area contributed by atoms with Gasteiger partial charge in [0.1, 0.15) is 21.8 Å². The number of carbonyl (C=O) groups excluding carboxylic acids is 1. The number of nitriles is 1. The molecule has 0 spiro atoms. The Morgan fingerprint density at radius 3 is 2.43 bits per heavy atom. The van der Waals surface area contributed by atoms with Crippen LogP contribution in [0.5, 0.6) is 0 Å². The van der Waals surface area contributed by atoms with E-state index in [0.29, 0.717) is 14.8 Å². The summed E-state index contributed by atoms with van der Waals surface area (Å²) in [4.78, 5) is 33.5. The van der Waals surface area contributed by atoms with Crippen molar-refractivity contribution in [3.63, 3.8) is 0 Å². The minimum Gasteiger partial charge on any atom is -0.355 e. The molecule has 7 nitrogen and oxygen atoms in total. The van der Waals surface area contributed by atoms with Gasteiger partial charge in [-0.05, 0) is 37.0 Å². The molecule has 2 saturated heterocycles. The van der Waals surface area contributed by atoms with E-state index in [9.17, 15) is 14.9 Å². The first-order chi connectivity index (χ1) is 17.9. The number of aromatic nitrogens is 1. The molecular formula is C28H31N5O2S2. The van der Waals surface area contributed by atoms with Gasteiger partial charge in [0.15, 0.2) is 0 Å². The maximum absolute atomic E-state index is 13.4. The van der Waals surface area contributed by atoms with Crippen molar-refractivity contribution >= 4 is 46.1 Å². The van der Waals surface area contributed by atoms with Gasteiger partial charge in [0.05, 0.1) is 4.91 Å². The first kappa shape index (κ1) is 25.7. The Morgan fingerprint density at radius 1 is 1.11 bits per heavy atom. The summed E-state index contributed by atoms with van der Waals surface area (Å²) in [7, 11) is 1.72. The van der Waals surface area contributed by atoms with E-state index in [4.69, 9.17) is 12.2 Å². The first-order valence-electron chi connectivity index (χ1n) is 12.8. The number of piperazine rings is 1. The monoisotopic (exact) mass is 533 g/mol. The summed E-state index contributed by atoms with van der Waals surface area (Å²) in [5, 5.41) is 9.76. The van der Waals surface area contributed by atoms with Crippen molar-refractivity contribution in [1.82, 2.24) is 14.4 Å². The van der Waals surface area contributed by atoms with E-state index in [1.165, 1.54) is 17.3 Å². The summed E-state index contributed by atoms with van der Waals surface area (Å²) in [6.07, 6.45) is 6.06. The highest BCUT2D eigenvalue weighted by atomic mass is 32.2. The fourth-order valence-corrected chi connectivity index (χ4v) is 7.02. The predicted octanol–water partition coefficient (Wildman–Crippen LogP) is 4.03. The summed E-state index contributed by atoms with van der Waals surface area (Å²) in [5.41, 5.74) is 2.45. The number of amides is 1. The Morgan fingerprint density at radius 2 is 1.78 bits per heavy atom. The largest absolute Gasteiger partial charge is 0.355 e. The number of thioether (sulfide) groups is 1. The molecule has 3 heterocycles. The topological polar surface area (TPSA) is 72.6 Å². The van der Waals surface area contributed by atoms with Crippen molar-refractivity contribution in [2.24, 2.45) is 7.05 Å². The number of anilines is 1. The Labute approximate surface area is 227 Å². The number of hydrogen-bond donors (Lipinski definition) is 0. The number of rotatable bonds is 5. The molecule has 3 aliphatic rings. The van der Waals surface area contributed by atoms with Gasteiger partial charge in [-0.25, -0.2) is 0 Å². The molecule has 5 rings (SSSR count). The van der Waals surface area contributed by atoms with Gasteiger partial charge >= 0.3 is 0 Å². The van der Waals surface area contributed by atoms with E-state index < -0.39 is 0 Å². The highest BCUT2D eigenvalue weighted by molar-refractivity contribution is 8.26. The molecule has 0 bridgehead atoms. The van der Waals surface area contributed by atoms with Crippen LogP contribution in [0.4, 0.5) is 5.82 Å². The minimum absolute atomic E-state index is 0.0627. The molecule has 3 fully saturated rings. The molecule has 0 radical (unpaired) electrons. The van der Waals surface area contributed by atoms with E-state index in [1.54, 1.807) is 23.4 Å². The molecule has 0 unspecified atom stereocenters. The van der Waals surface area contributed by atoms with Gasteiger partial charge in [-0.3, -0.25) is 24.0 Å². The van der Waals surface area contributed by atoms with Crippen molar-refractivity contribution in [3.05, 3.63) is 67.8 Å². The zero-order chi connectivity index (χ0) is 26.1. The average Bonchev–Trinajstić information content (AvgIpc) is 3.52.